The normalized spacial score (nSPS) is 18.6. The zero-order valence-corrected chi connectivity index (χ0v) is 17.7. The largest absolute Gasteiger partial charge is 0.497 e. The molecule has 2 heterocycles. The molecule has 1 N–H and O–H groups in total. The van der Waals surface area contributed by atoms with Crippen molar-refractivity contribution in [1.82, 2.24) is 14.8 Å². The van der Waals surface area contributed by atoms with Crippen LogP contribution in [0.3, 0.4) is 0 Å². The van der Waals surface area contributed by atoms with Gasteiger partial charge in [-0.05, 0) is 51.3 Å². The summed E-state index contributed by atoms with van der Waals surface area (Å²) in [4.78, 5) is 27.1. The number of rotatable bonds is 6. The Morgan fingerprint density at radius 3 is 2.69 bits per heavy atom. The van der Waals surface area contributed by atoms with Crippen LogP contribution < -0.4 is 10.1 Å². The average Bonchev–Trinajstić information content (AvgIpc) is 3.40. The number of carbonyl (C=O) groups excluding carboxylic acids is 2. The van der Waals surface area contributed by atoms with Gasteiger partial charge in [0.1, 0.15) is 5.75 Å². The molecule has 6 nitrogen and oxygen atoms in total. The highest BCUT2D eigenvalue weighted by molar-refractivity contribution is 6.09. The van der Waals surface area contributed by atoms with Gasteiger partial charge in [0, 0.05) is 48.2 Å². The second-order valence-electron chi connectivity index (χ2n) is 8.47. The van der Waals surface area contributed by atoms with Crippen molar-refractivity contribution in [3.8, 4) is 5.75 Å². The second-order valence-corrected chi connectivity index (χ2v) is 8.47. The number of amides is 2. The third-order valence-electron chi connectivity index (χ3n) is 6.42. The molecule has 29 heavy (non-hydrogen) atoms. The lowest BCUT2D eigenvalue weighted by Crippen LogP contribution is -2.42. The van der Waals surface area contributed by atoms with Gasteiger partial charge in [0.05, 0.1) is 12.7 Å². The molecule has 1 aromatic carbocycles. The summed E-state index contributed by atoms with van der Waals surface area (Å²) >= 11 is 0. The van der Waals surface area contributed by atoms with Crippen LogP contribution in [0.25, 0.3) is 10.9 Å². The van der Waals surface area contributed by atoms with Crippen molar-refractivity contribution in [2.24, 2.45) is 0 Å². The predicted molar refractivity (Wildman–Crippen MR) is 113 cm³/mol. The van der Waals surface area contributed by atoms with E-state index in [2.05, 4.69) is 16.0 Å². The van der Waals surface area contributed by atoms with Gasteiger partial charge in [-0.2, -0.15) is 0 Å². The number of likely N-dealkylation sites (tertiary alicyclic amines) is 1. The Labute approximate surface area is 172 Å². The number of methoxy groups -OCH3 is 1. The van der Waals surface area contributed by atoms with Crippen LogP contribution in [-0.4, -0.2) is 47.5 Å². The molecule has 4 rings (SSSR count). The van der Waals surface area contributed by atoms with E-state index in [0.29, 0.717) is 19.0 Å². The van der Waals surface area contributed by atoms with E-state index >= 15 is 0 Å². The Hall–Kier alpha value is -2.50. The molecule has 2 amide bonds. The first-order valence-electron chi connectivity index (χ1n) is 10.8. The van der Waals surface area contributed by atoms with E-state index in [9.17, 15) is 9.59 Å². The van der Waals surface area contributed by atoms with Crippen molar-refractivity contribution in [3.05, 3.63) is 29.5 Å². The van der Waals surface area contributed by atoms with Crippen molar-refractivity contribution in [2.75, 3.05) is 20.2 Å². The van der Waals surface area contributed by atoms with Crippen molar-refractivity contribution in [3.63, 3.8) is 0 Å². The minimum absolute atomic E-state index is 0.0726. The Bertz CT molecular complexity index is 927. The summed E-state index contributed by atoms with van der Waals surface area (Å²) in [5.74, 6) is 0.868. The van der Waals surface area contributed by atoms with Crippen LogP contribution in [0.5, 0.6) is 5.75 Å². The Kier molecular flexibility index (Phi) is 5.52. The Morgan fingerprint density at radius 1 is 1.28 bits per heavy atom. The van der Waals surface area contributed by atoms with Gasteiger partial charge in [-0.15, -0.1) is 0 Å². The summed E-state index contributed by atoms with van der Waals surface area (Å²) in [7, 11) is 1.65. The smallest absolute Gasteiger partial charge is 0.254 e. The van der Waals surface area contributed by atoms with Crippen LogP contribution in [-0.2, 0) is 4.79 Å². The molecule has 0 radical (unpaired) electrons. The van der Waals surface area contributed by atoms with Gasteiger partial charge in [-0.25, -0.2) is 0 Å². The number of hydrogen-bond acceptors (Lipinski definition) is 3. The fraction of sp³-hybridized carbons (Fsp3) is 0.565. The molecule has 0 bridgehead atoms. The number of ether oxygens (including phenoxy) is 1. The number of aromatic nitrogens is 1. The first-order valence-corrected chi connectivity index (χ1v) is 10.8. The first kappa shape index (κ1) is 19.8. The number of hydrogen-bond donors (Lipinski definition) is 1. The molecule has 0 spiro atoms. The minimum atomic E-state index is -0.0977. The highest BCUT2D eigenvalue weighted by Crippen LogP contribution is 2.38. The number of nitrogens with zero attached hydrogens (tertiary/aromatic N) is 2. The monoisotopic (exact) mass is 397 g/mol. The molecule has 1 aromatic heterocycles. The van der Waals surface area contributed by atoms with Crippen molar-refractivity contribution in [1.29, 1.82) is 0 Å². The maximum atomic E-state index is 13.3. The Morgan fingerprint density at radius 2 is 2.03 bits per heavy atom. The maximum absolute atomic E-state index is 13.3. The summed E-state index contributed by atoms with van der Waals surface area (Å²) in [6, 6.07) is 6.36. The standard InChI is InChI=1S/C23H31N3O3/c1-15(14-25-12-6-9-21(25)27)24-23(28)22-16(2)26(17-7-4-5-8-17)20-11-10-18(29-3)13-19(20)22/h10-11,13,15,17H,4-9,12,14H2,1-3H3,(H,24,28). The molecule has 1 atom stereocenters. The number of nitrogens with one attached hydrogen (secondary N) is 1. The highest BCUT2D eigenvalue weighted by atomic mass is 16.5. The third kappa shape index (κ3) is 3.72. The molecule has 2 fully saturated rings. The maximum Gasteiger partial charge on any atom is 0.254 e. The van der Waals surface area contributed by atoms with E-state index in [4.69, 9.17) is 4.74 Å². The fourth-order valence-corrected chi connectivity index (χ4v) is 5.04. The molecular weight excluding hydrogens is 366 g/mol. The van der Waals surface area contributed by atoms with Gasteiger partial charge in [0.15, 0.2) is 0 Å². The minimum Gasteiger partial charge on any atom is -0.497 e. The quantitative estimate of drug-likeness (QED) is 0.806. The summed E-state index contributed by atoms with van der Waals surface area (Å²) < 4.78 is 7.78. The second kappa shape index (κ2) is 8.09. The van der Waals surface area contributed by atoms with Gasteiger partial charge in [-0.3, -0.25) is 9.59 Å². The van der Waals surface area contributed by atoms with Gasteiger partial charge in [0.25, 0.3) is 5.91 Å². The number of fused-ring (bicyclic) bond motifs is 1. The van der Waals surface area contributed by atoms with Crippen LogP contribution in [0.4, 0.5) is 0 Å². The van der Waals surface area contributed by atoms with Crippen molar-refractivity contribution >= 4 is 22.7 Å². The molecule has 156 valence electrons. The SMILES string of the molecule is COc1ccc2c(c1)c(C(=O)NC(C)CN1CCCC1=O)c(C)n2C1CCCC1. The zero-order valence-electron chi connectivity index (χ0n) is 17.7. The molecule has 6 heteroatoms. The van der Waals surface area contributed by atoms with Gasteiger partial charge in [-0.1, -0.05) is 12.8 Å². The first-order chi connectivity index (χ1) is 14.0. The van der Waals surface area contributed by atoms with Gasteiger partial charge in [0.2, 0.25) is 5.91 Å². The van der Waals surface area contributed by atoms with Crippen LogP contribution in [0.1, 0.15) is 67.5 Å². The van der Waals surface area contributed by atoms with Crippen molar-refractivity contribution < 1.29 is 14.3 Å². The van der Waals surface area contributed by atoms with E-state index in [1.165, 1.54) is 12.8 Å². The number of benzene rings is 1. The molecule has 2 aliphatic rings. The summed E-state index contributed by atoms with van der Waals surface area (Å²) in [5, 5.41) is 4.07. The average molecular weight is 398 g/mol. The van der Waals surface area contributed by atoms with E-state index in [-0.39, 0.29) is 17.9 Å². The fourth-order valence-electron chi connectivity index (χ4n) is 5.04. The predicted octanol–water partition coefficient (Wildman–Crippen LogP) is 3.81. The molecule has 1 saturated carbocycles. The molecule has 2 aromatic rings. The van der Waals surface area contributed by atoms with Gasteiger partial charge < -0.3 is 19.5 Å². The summed E-state index contributed by atoms with van der Waals surface area (Å²) in [6.45, 7) is 5.37. The van der Waals surface area contributed by atoms with Crippen molar-refractivity contribution in [2.45, 2.75) is 64.5 Å². The van der Waals surface area contributed by atoms with E-state index in [1.54, 1.807) is 7.11 Å². The van der Waals surface area contributed by atoms with Crippen LogP contribution in [0, 0.1) is 6.92 Å². The van der Waals surface area contributed by atoms with E-state index < -0.39 is 0 Å². The topological polar surface area (TPSA) is 63.6 Å². The van der Waals surface area contributed by atoms with Crippen LogP contribution in [0.2, 0.25) is 0 Å². The molecule has 1 unspecified atom stereocenters. The van der Waals surface area contributed by atoms with E-state index in [1.807, 2.05) is 30.9 Å². The molecular formula is C23H31N3O3. The van der Waals surface area contributed by atoms with Crippen LogP contribution >= 0.6 is 0 Å². The highest BCUT2D eigenvalue weighted by Gasteiger charge is 2.28. The van der Waals surface area contributed by atoms with Crippen LogP contribution in [0.15, 0.2) is 18.2 Å². The lowest BCUT2D eigenvalue weighted by Gasteiger charge is -2.22. The summed E-state index contributed by atoms with van der Waals surface area (Å²) in [6.07, 6.45) is 6.32. The third-order valence-corrected chi connectivity index (χ3v) is 6.42. The lowest BCUT2D eigenvalue weighted by atomic mass is 10.1. The molecule has 1 saturated heterocycles. The molecule has 1 aliphatic heterocycles. The number of carbonyl (C=O) groups is 2. The molecule has 1 aliphatic carbocycles. The lowest BCUT2D eigenvalue weighted by molar-refractivity contribution is -0.127. The zero-order chi connectivity index (χ0) is 20.5. The summed E-state index contributed by atoms with van der Waals surface area (Å²) in [5.41, 5.74) is 2.84. The van der Waals surface area contributed by atoms with E-state index in [0.717, 1.165) is 53.7 Å². The van der Waals surface area contributed by atoms with Gasteiger partial charge >= 0.3 is 0 Å². The Balaban J connectivity index is 1.65.